The third kappa shape index (κ3) is 3.79. The van der Waals surface area contributed by atoms with E-state index in [0.29, 0.717) is 12.1 Å². The number of amides is 3. The monoisotopic (exact) mass is 235 g/mol. The molecule has 0 spiro atoms. The second kappa shape index (κ2) is 5.89. The van der Waals surface area contributed by atoms with Crippen LogP contribution in [-0.2, 0) is 6.54 Å². The Morgan fingerprint density at radius 2 is 2.00 bits per heavy atom. The fourth-order valence-corrected chi connectivity index (χ4v) is 1.34. The molecule has 3 amide bonds. The van der Waals surface area contributed by atoms with Gasteiger partial charge in [-0.05, 0) is 17.7 Å². The van der Waals surface area contributed by atoms with Gasteiger partial charge in [0.1, 0.15) is 0 Å². The van der Waals surface area contributed by atoms with Crippen LogP contribution in [0.3, 0.4) is 0 Å². The predicted molar refractivity (Wildman–Crippen MR) is 65.8 cm³/mol. The number of nitrogens with one attached hydrogen (secondary N) is 2. The summed E-state index contributed by atoms with van der Waals surface area (Å²) in [6.07, 6.45) is 0. The fraction of sp³-hybridized carbons (Fsp3) is 0.333. The van der Waals surface area contributed by atoms with E-state index in [-0.39, 0.29) is 11.9 Å². The second-order valence-electron chi connectivity index (χ2n) is 3.83. The number of hydrogen-bond donors (Lipinski definition) is 2. The van der Waals surface area contributed by atoms with Crippen LogP contribution in [-0.4, -0.2) is 38.0 Å². The molecule has 5 nitrogen and oxygen atoms in total. The van der Waals surface area contributed by atoms with Crippen molar-refractivity contribution in [3.8, 4) is 0 Å². The zero-order valence-corrected chi connectivity index (χ0v) is 10.3. The highest BCUT2D eigenvalue weighted by Crippen LogP contribution is 2.07. The van der Waals surface area contributed by atoms with E-state index in [9.17, 15) is 9.59 Å². The van der Waals surface area contributed by atoms with Crippen molar-refractivity contribution in [2.24, 2.45) is 0 Å². The summed E-state index contributed by atoms with van der Waals surface area (Å²) in [5.74, 6) is -0.0493. The van der Waals surface area contributed by atoms with E-state index in [0.717, 1.165) is 5.56 Å². The summed E-state index contributed by atoms with van der Waals surface area (Å²) >= 11 is 0. The van der Waals surface area contributed by atoms with Crippen LogP contribution in [0.5, 0.6) is 0 Å². The quantitative estimate of drug-likeness (QED) is 0.814. The first-order valence-electron chi connectivity index (χ1n) is 5.30. The Labute approximate surface area is 101 Å². The van der Waals surface area contributed by atoms with Gasteiger partial charge in [0.05, 0.1) is 0 Å². The van der Waals surface area contributed by atoms with Crippen LogP contribution in [0.1, 0.15) is 15.9 Å². The molecule has 0 aliphatic carbocycles. The number of urea groups is 1. The predicted octanol–water partition coefficient (Wildman–Crippen LogP) is 0.817. The SMILES string of the molecule is CNC(=O)NCc1cccc(C(=O)N(C)C)c1. The summed E-state index contributed by atoms with van der Waals surface area (Å²) < 4.78 is 0. The molecule has 0 bridgehead atoms. The Bertz CT molecular complexity index is 416. The molecule has 5 heteroatoms. The van der Waals surface area contributed by atoms with E-state index in [1.54, 1.807) is 39.3 Å². The number of nitrogens with zero attached hydrogens (tertiary/aromatic N) is 1. The zero-order valence-electron chi connectivity index (χ0n) is 10.3. The maximum Gasteiger partial charge on any atom is 0.314 e. The van der Waals surface area contributed by atoms with Gasteiger partial charge < -0.3 is 15.5 Å². The van der Waals surface area contributed by atoms with Gasteiger partial charge in [-0.3, -0.25) is 4.79 Å². The van der Waals surface area contributed by atoms with Gasteiger partial charge in [0.2, 0.25) is 0 Å². The fourth-order valence-electron chi connectivity index (χ4n) is 1.34. The largest absolute Gasteiger partial charge is 0.345 e. The van der Waals surface area contributed by atoms with Gasteiger partial charge in [0.25, 0.3) is 5.91 Å². The molecule has 1 aromatic rings. The summed E-state index contributed by atoms with van der Waals surface area (Å²) in [5, 5.41) is 5.13. The van der Waals surface area contributed by atoms with Crippen LogP contribution in [0.15, 0.2) is 24.3 Å². The van der Waals surface area contributed by atoms with Crippen molar-refractivity contribution in [2.45, 2.75) is 6.54 Å². The molecule has 0 saturated carbocycles. The lowest BCUT2D eigenvalue weighted by Gasteiger charge is -2.11. The smallest absolute Gasteiger partial charge is 0.314 e. The van der Waals surface area contributed by atoms with E-state index in [4.69, 9.17) is 0 Å². The average Bonchev–Trinajstić information content (AvgIpc) is 2.35. The van der Waals surface area contributed by atoms with E-state index in [2.05, 4.69) is 10.6 Å². The minimum Gasteiger partial charge on any atom is -0.345 e. The van der Waals surface area contributed by atoms with Crippen LogP contribution in [0.2, 0.25) is 0 Å². The first-order chi connectivity index (χ1) is 8.04. The maximum absolute atomic E-state index is 11.7. The molecule has 2 N–H and O–H groups in total. The summed E-state index contributed by atoms with van der Waals surface area (Å²) in [5.41, 5.74) is 1.51. The molecule has 0 unspecified atom stereocenters. The van der Waals surface area contributed by atoms with Gasteiger partial charge in [-0.2, -0.15) is 0 Å². The van der Waals surface area contributed by atoms with Crippen LogP contribution in [0.25, 0.3) is 0 Å². The normalized spacial score (nSPS) is 9.59. The highest BCUT2D eigenvalue weighted by Gasteiger charge is 2.08. The van der Waals surface area contributed by atoms with Crippen molar-refractivity contribution >= 4 is 11.9 Å². The van der Waals surface area contributed by atoms with E-state index >= 15 is 0 Å². The van der Waals surface area contributed by atoms with Gasteiger partial charge in [-0.1, -0.05) is 12.1 Å². The zero-order chi connectivity index (χ0) is 12.8. The van der Waals surface area contributed by atoms with Crippen LogP contribution in [0, 0.1) is 0 Å². The standard InChI is InChI=1S/C12H17N3O2/c1-13-12(17)14-8-9-5-4-6-10(7-9)11(16)15(2)3/h4-7H,8H2,1-3H3,(H2,13,14,17). The van der Waals surface area contributed by atoms with Crippen molar-refractivity contribution < 1.29 is 9.59 Å². The van der Waals surface area contributed by atoms with Gasteiger partial charge in [-0.15, -0.1) is 0 Å². The molecular weight excluding hydrogens is 218 g/mol. The molecular formula is C12H17N3O2. The van der Waals surface area contributed by atoms with Crippen LogP contribution in [0.4, 0.5) is 4.79 Å². The second-order valence-corrected chi connectivity index (χ2v) is 3.83. The number of hydrogen-bond acceptors (Lipinski definition) is 2. The van der Waals surface area contributed by atoms with Crippen molar-refractivity contribution in [3.63, 3.8) is 0 Å². The molecule has 0 atom stereocenters. The molecule has 0 saturated heterocycles. The van der Waals surface area contributed by atoms with Gasteiger partial charge in [-0.25, -0.2) is 4.79 Å². The Morgan fingerprint density at radius 3 is 2.59 bits per heavy atom. The van der Waals surface area contributed by atoms with E-state index < -0.39 is 0 Å². The molecule has 0 aromatic heterocycles. The summed E-state index contributed by atoms with van der Waals surface area (Å²) in [4.78, 5) is 24.3. The molecule has 1 aromatic carbocycles. The van der Waals surface area contributed by atoms with E-state index in [1.807, 2.05) is 6.07 Å². The van der Waals surface area contributed by atoms with Crippen molar-refractivity contribution in [3.05, 3.63) is 35.4 Å². The third-order valence-corrected chi connectivity index (χ3v) is 2.26. The molecule has 0 fully saturated rings. The lowest BCUT2D eigenvalue weighted by Crippen LogP contribution is -2.32. The lowest BCUT2D eigenvalue weighted by atomic mass is 10.1. The van der Waals surface area contributed by atoms with E-state index in [1.165, 1.54) is 4.90 Å². The number of rotatable bonds is 3. The minimum atomic E-state index is -0.241. The van der Waals surface area contributed by atoms with Crippen LogP contribution >= 0.6 is 0 Å². The minimum absolute atomic E-state index is 0.0493. The highest BCUT2D eigenvalue weighted by molar-refractivity contribution is 5.94. The van der Waals surface area contributed by atoms with Gasteiger partial charge in [0, 0.05) is 33.3 Å². The number of carbonyl (C=O) groups excluding carboxylic acids is 2. The van der Waals surface area contributed by atoms with Gasteiger partial charge >= 0.3 is 6.03 Å². The molecule has 1 rings (SSSR count). The first kappa shape index (κ1) is 13.0. The average molecular weight is 235 g/mol. The Kier molecular flexibility index (Phi) is 4.51. The topological polar surface area (TPSA) is 61.4 Å². The molecule has 0 heterocycles. The Balaban J connectivity index is 2.72. The molecule has 0 aliphatic rings. The number of benzene rings is 1. The third-order valence-electron chi connectivity index (χ3n) is 2.26. The molecule has 92 valence electrons. The van der Waals surface area contributed by atoms with Gasteiger partial charge in [0.15, 0.2) is 0 Å². The molecule has 0 aliphatic heterocycles. The lowest BCUT2D eigenvalue weighted by molar-refractivity contribution is 0.0827. The molecule has 0 radical (unpaired) electrons. The Hall–Kier alpha value is -2.04. The van der Waals surface area contributed by atoms with Crippen molar-refractivity contribution in [2.75, 3.05) is 21.1 Å². The Morgan fingerprint density at radius 1 is 1.29 bits per heavy atom. The molecule has 17 heavy (non-hydrogen) atoms. The maximum atomic E-state index is 11.7. The van der Waals surface area contributed by atoms with Crippen molar-refractivity contribution in [1.82, 2.24) is 15.5 Å². The van der Waals surface area contributed by atoms with Crippen LogP contribution < -0.4 is 10.6 Å². The summed E-state index contributed by atoms with van der Waals surface area (Å²) in [7, 11) is 4.97. The van der Waals surface area contributed by atoms with Crippen molar-refractivity contribution in [1.29, 1.82) is 0 Å². The highest BCUT2D eigenvalue weighted by atomic mass is 16.2. The summed E-state index contributed by atoms with van der Waals surface area (Å²) in [6.45, 7) is 0.397. The summed E-state index contributed by atoms with van der Waals surface area (Å²) in [6, 6.07) is 6.96. The first-order valence-corrected chi connectivity index (χ1v) is 5.30. The number of carbonyl (C=O) groups is 2.